The SMILES string of the molecule is Clc1ccc(N2CCCC3(C2)OCCO3)nc1. The van der Waals surface area contributed by atoms with E-state index in [0.29, 0.717) is 18.2 Å². The minimum Gasteiger partial charge on any atom is -0.351 e. The molecule has 2 fully saturated rings. The molecule has 0 aromatic carbocycles. The summed E-state index contributed by atoms with van der Waals surface area (Å²) < 4.78 is 11.5. The lowest BCUT2D eigenvalue weighted by atomic mass is 10.0. The van der Waals surface area contributed by atoms with Crippen molar-refractivity contribution in [1.82, 2.24) is 4.98 Å². The third-order valence-corrected chi connectivity index (χ3v) is 3.49. The summed E-state index contributed by atoms with van der Waals surface area (Å²) in [5, 5.41) is 0.661. The van der Waals surface area contributed by atoms with E-state index in [-0.39, 0.29) is 0 Å². The Morgan fingerprint density at radius 1 is 1.29 bits per heavy atom. The molecule has 4 nitrogen and oxygen atoms in total. The maximum atomic E-state index is 5.84. The summed E-state index contributed by atoms with van der Waals surface area (Å²) in [6, 6.07) is 3.80. The molecule has 1 aromatic heterocycles. The van der Waals surface area contributed by atoms with Crippen molar-refractivity contribution in [1.29, 1.82) is 0 Å². The van der Waals surface area contributed by atoms with Gasteiger partial charge in [0.2, 0.25) is 0 Å². The normalized spacial score (nSPS) is 23.2. The second-order valence-corrected chi connectivity index (χ2v) is 4.90. The summed E-state index contributed by atoms with van der Waals surface area (Å²) in [6.07, 6.45) is 3.70. The zero-order valence-electron chi connectivity index (χ0n) is 9.56. The van der Waals surface area contributed by atoms with Gasteiger partial charge in [0.05, 0.1) is 24.8 Å². The Morgan fingerprint density at radius 2 is 2.12 bits per heavy atom. The predicted octanol–water partition coefficient (Wildman–Crippen LogP) is 2.08. The second kappa shape index (κ2) is 4.44. The zero-order valence-corrected chi connectivity index (χ0v) is 10.3. The predicted molar refractivity (Wildman–Crippen MR) is 65.3 cm³/mol. The fraction of sp³-hybridized carbons (Fsp3) is 0.583. The highest BCUT2D eigenvalue weighted by molar-refractivity contribution is 6.30. The van der Waals surface area contributed by atoms with E-state index in [4.69, 9.17) is 21.1 Å². The highest BCUT2D eigenvalue weighted by Crippen LogP contribution is 2.31. The van der Waals surface area contributed by atoms with Crippen molar-refractivity contribution in [2.45, 2.75) is 18.6 Å². The Labute approximate surface area is 105 Å². The number of hydrogen-bond acceptors (Lipinski definition) is 4. The maximum absolute atomic E-state index is 5.84. The van der Waals surface area contributed by atoms with E-state index < -0.39 is 5.79 Å². The highest BCUT2D eigenvalue weighted by Gasteiger charge is 2.41. The molecule has 2 saturated heterocycles. The van der Waals surface area contributed by atoms with Gasteiger partial charge in [0.1, 0.15) is 5.82 Å². The molecule has 2 aliphatic rings. The summed E-state index contributed by atoms with van der Waals surface area (Å²) in [4.78, 5) is 6.54. The molecular weight excluding hydrogens is 240 g/mol. The Kier molecular flexibility index (Phi) is 2.94. The van der Waals surface area contributed by atoms with Gasteiger partial charge in [-0.2, -0.15) is 0 Å². The summed E-state index contributed by atoms with van der Waals surface area (Å²) in [5.41, 5.74) is 0. The van der Waals surface area contributed by atoms with Crippen LogP contribution in [0, 0.1) is 0 Å². The molecule has 17 heavy (non-hydrogen) atoms. The molecule has 0 saturated carbocycles. The van der Waals surface area contributed by atoms with Gasteiger partial charge in [-0.05, 0) is 18.6 Å². The van der Waals surface area contributed by atoms with Crippen molar-refractivity contribution in [3.8, 4) is 0 Å². The molecule has 3 rings (SSSR count). The van der Waals surface area contributed by atoms with Gasteiger partial charge in [-0.25, -0.2) is 4.98 Å². The van der Waals surface area contributed by atoms with Crippen LogP contribution in [0.2, 0.25) is 5.02 Å². The number of pyridine rings is 1. The van der Waals surface area contributed by atoms with E-state index in [1.165, 1.54) is 0 Å². The molecule has 0 radical (unpaired) electrons. The summed E-state index contributed by atoms with van der Waals surface area (Å²) in [5.74, 6) is 0.534. The van der Waals surface area contributed by atoms with Crippen LogP contribution >= 0.6 is 11.6 Å². The molecule has 0 atom stereocenters. The fourth-order valence-corrected chi connectivity index (χ4v) is 2.58. The first kappa shape index (κ1) is 11.3. The lowest BCUT2D eigenvalue weighted by Gasteiger charge is -2.39. The molecule has 0 bridgehead atoms. The van der Waals surface area contributed by atoms with Gasteiger partial charge >= 0.3 is 0 Å². The maximum Gasteiger partial charge on any atom is 0.186 e. The van der Waals surface area contributed by atoms with Crippen LogP contribution in [-0.2, 0) is 9.47 Å². The van der Waals surface area contributed by atoms with Gasteiger partial charge < -0.3 is 14.4 Å². The van der Waals surface area contributed by atoms with Crippen molar-refractivity contribution in [2.24, 2.45) is 0 Å². The van der Waals surface area contributed by atoms with Crippen molar-refractivity contribution < 1.29 is 9.47 Å². The average molecular weight is 255 g/mol. The fourth-order valence-electron chi connectivity index (χ4n) is 2.47. The number of aromatic nitrogens is 1. The molecule has 1 aromatic rings. The third kappa shape index (κ3) is 2.25. The number of piperidine rings is 1. The van der Waals surface area contributed by atoms with Crippen LogP contribution in [0.3, 0.4) is 0 Å². The minimum atomic E-state index is -0.403. The van der Waals surface area contributed by atoms with Crippen LogP contribution in [0.15, 0.2) is 18.3 Å². The minimum absolute atomic E-state index is 0.403. The van der Waals surface area contributed by atoms with E-state index in [1.54, 1.807) is 6.20 Å². The molecule has 1 spiro atoms. The van der Waals surface area contributed by atoms with Crippen LogP contribution in [0.4, 0.5) is 5.82 Å². The van der Waals surface area contributed by atoms with Crippen molar-refractivity contribution in [3.63, 3.8) is 0 Å². The van der Waals surface area contributed by atoms with Crippen molar-refractivity contribution in [3.05, 3.63) is 23.4 Å². The topological polar surface area (TPSA) is 34.6 Å². The molecule has 0 amide bonds. The first-order chi connectivity index (χ1) is 8.27. The van der Waals surface area contributed by atoms with Crippen LogP contribution in [0.25, 0.3) is 0 Å². The zero-order chi connectivity index (χ0) is 11.7. The molecule has 0 unspecified atom stereocenters. The molecule has 2 aliphatic heterocycles. The monoisotopic (exact) mass is 254 g/mol. The van der Waals surface area contributed by atoms with Crippen molar-refractivity contribution >= 4 is 17.4 Å². The largest absolute Gasteiger partial charge is 0.351 e. The lowest BCUT2D eigenvalue weighted by Crippen LogP contribution is -2.49. The molecule has 92 valence electrons. The molecule has 3 heterocycles. The van der Waals surface area contributed by atoms with Gasteiger partial charge in [0.15, 0.2) is 5.79 Å². The quantitative estimate of drug-likeness (QED) is 0.769. The average Bonchev–Trinajstić information content (AvgIpc) is 2.78. The highest BCUT2D eigenvalue weighted by atomic mass is 35.5. The second-order valence-electron chi connectivity index (χ2n) is 4.47. The van der Waals surface area contributed by atoms with Crippen LogP contribution in [0.1, 0.15) is 12.8 Å². The Hall–Kier alpha value is -0.840. The van der Waals surface area contributed by atoms with Gasteiger partial charge in [0.25, 0.3) is 0 Å². The number of ether oxygens (including phenoxy) is 2. The molecule has 0 N–H and O–H groups in total. The van der Waals surface area contributed by atoms with E-state index in [1.807, 2.05) is 12.1 Å². The third-order valence-electron chi connectivity index (χ3n) is 3.27. The molecule has 0 aliphatic carbocycles. The van der Waals surface area contributed by atoms with Crippen LogP contribution in [0.5, 0.6) is 0 Å². The number of rotatable bonds is 1. The van der Waals surface area contributed by atoms with Gasteiger partial charge in [0, 0.05) is 19.2 Å². The Bertz CT molecular complexity index is 390. The van der Waals surface area contributed by atoms with Gasteiger partial charge in [-0.15, -0.1) is 0 Å². The summed E-state index contributed by atoms with van der Waals surface area (Å²) in [7, 11) is 0. The van der Waals surface area contributed by atoms with Crippen LogP contribution in [-0.4, -0.2) is 37.1 Å². The first-order valence-corrected chi connectivity index (χ1v) is 6.30. The van der Waals surface area contributed by atoms with Gasteiger partial charge in [-0.1, -0.05) is 11.6 Å². The smallest absolute Gasteiger partial charge is 0.186 e. The number of hydrogen-bond donors (Lipinski definition) is 0. The summed E-state index contributed by atoms with van der Waals surface area (Å²) >= 11 is 5.84. The molecule has 5 heteroatoms. The number of nitrogens with zero attached hydrogens (tertiary/aromatic N) is 2. The van der Waals surface area contributed by atoms with E-state index in [0.717, 1.165) is 31.7 Å². The van der Waals surface area contributed by atoms with Crippen LogP contribution < -0.4 is 4.90 Å². The Balaban J connectivity index is 1.77. The van der Waals surface area contributed by atoms with Gasteiger partial charge in [-0.3, -0.25) is 0 Å². The summed E-state index contributed by atoms with van der Waals surface area (Å²) in [6.45, 7) is 3.13. The molecular formula is C12H15ClN2O2. The lowest BCUT2D eigenvalue weighted by molar-refractivity contribution is -0.161. The van der Waals surface area contributed by atoms with E-state index >= 15 is 0 Å². The number of halogens is 1. The van der Waals surface area contributed by atoms with E-state index in [2.05, 4.69) is 9.88 Å². The standard InChI is InChI=1S/C12H15ClN2O2/c13-10-2-3-11(14-8-10)15-5-1-4-12(9-15)16-6-7-17-12/h2-3,8H,1,4-7,9H2. The van der Waals surface area contributed by atoms with E-state index in [9.17, 15) is 0 Å². The van der Waals surface area contributed by atoms with Crippen molar-refractivity contribution in [2.75, 3.05) is 31.2 Å². The Morgan fingerprint density at radius 3 is 2.82 bits per heavy atom. The number of anilines is 1. The first-order valence-electron chi connectivity index (χ1n) is 5.92.